The fraction of sp³-hybridized carbons (Fsp3) is 0.286. The Hall–Kier alpha value is -1.88. The average Bonchev–Trinajstić information content (AvgIpc) is 2.85. The molecule has 0 aliphatic heterocycles. The van der Waals surface area contributed by atoms with Gasteiger partial charge in [-0.1, -0.05) is 6.92 Å². The van der Waals surface area contributed by atoms with E-state index in [1.165, 1.54) is 0 Å². The van der Waals surface area contributed by atoms with Crippen LogP contribution in [0.2, 0.25) is 0 Å². The van der Waals surface area contributed by atoms with Crippen molar-refractivity contribution in [3.8, 4) is 5.75 Å². The molecule has 2 aromatic rings. The fourth-order valence-electron chi connectivity index (χ4n) is 1.58. The minimum Gasteiger partial charge on any atom is -0.482 e. The van der Waals surface area contributed by atoms with Gasteiger partial charge in [0.05, 0.1) is 6.54 Å². The van der Waals surface area contributed by atoms with Crippen LogP contribution in [0.3, 0.4) is 0 Å². The minimum absolute atomic E-state index is 0.0620. The highest BCUT2D eigenvalue weighted by Gasteiger charge is 2.07. The van der Waals surface area contributed by atoms with Crippen LogP contribution in [-0.2, 0) is 13.2 Å². The Bertz CT molecular complexity index is 540. The molecule has 0 unspecified atom stereocenters. The van der Waals surface area contributed by atoms with E-state index in [0.717, 1.165) is 30.5 Å². The highest BCUT2D eigenvalue weighted by molar-refractivity contribution is 5.25. The summed E-state index contributed by atoms with van der Waals surface area (Å²) >= 11 is 0. The first-order valence-corrected chi connectivity index (χ1v) is 6.05. The molecule has 0 saturated carbocycles. The monoisotopic (exact) mass is 267 g/mol. The Morgan fingerprint density at radius 1 is 1.16 bits per heavy atom. The zero-order chi connectivity index (χ0) is 13.7. The van der Waals surface area contributed by atoms with Crippen LogP contribution < -0.4 is 10.1 Å². The largest absolute Gasteiger partial charge is 0.482 e. The molecule has 5 heteroatoms. The number of hydrogen-bond donors (Lipinski definition) is 1. The molecular formula is C14H15F2NO2. The molecule has 1 aromatic carbocycles. The molecule has 0 atom stereocenters. The molecule has 0 saturated heterocycles. The van der Waals surface area contributed by atoms with Crippen LogP contribution in [0.25, 0.3) is 0 Å². The van der Waals surface area contributed by atoms with E-state index in [2.05, 4.69) is 5.32 Å². The van der Waals surface area contributed by atoms with E-state index in [1.54, 1.807) is 6.07 Å². The first kappa shape index (κ1) is 13.5. The van der Waals surface area contributed by atoms with Gasteiger partial charge in [0, 0.05) is 6.07 Å². The smallest absolute Gasteiger partial charge is 0.165 e. The van der Waals surface area contributed by atoms with Crippen molar-refractivity contribution in [2.75, 3.05) is 6.54 Å². The predicted octanol–water partition coefficient (Wildman–Crippen LogP) is 3.25. The summed E-state index contributed by atoms with van der Waals surface area (Å²) < 4.78 is 36.9. The molecule has 0 fully saturated rings. The maximum atomic E-state index is 13.3. The lowest BCUT2D eigenvalue weighted by Crippen LogP contribution is -2.10. The Balaban J connectivity index is 1.94. The highest BCUT2D eigenvalue weighted by Crippen LogP contribution is 2.20. The molecule has 0 radical (unpaired) electrons. The van der Waals surface area contributed by atoms with Crippen LogP contribution in [0.15, 0.2) is 34.7 Å². The summed E-state index contributed by atoms with van der Waals surface area (Å²) in [7, 11) is 0. The second-order valence-corrected chi connectivity index (χ2v) is 4.01. The van der Waals surface area contributed by atoms with Crippen molar-refractivity contribution >= 4 is 0 Å². The molecule has 0 amide bonds. The SMILES string of the molecule is CCNCc1ccc(COc2cc(F)ccc2F)o1. The third-order valence-electron chi connectivity index (χ3n) is 2.53. The van der Waals surface area contributed by atoms with Crippen LogP contribution in [0.5, 0.6) is 5.75 Å². The van der Waals surface area contributed by atoms with Gasteiger partial charge in [-0.15, -0.1) is 0 Å². The lowest BCUT2D eigenvalue weighted by Gasteiger charge is -2.05. The number of furan rings is 1. The molecule has 0 spiro atoms. The van der Waals surface area contributed by atoms with E-state index in [9.17, 15) is 8.78 Å². The van der Waals surface area contributed by atoms with Crippen molar-refractivity contribution in [1.82, 2.24) is 5.32 Å². The van der Waals surface area contributed by atoms with Gasteiger partial charge in [0.2, 0.25) is 0 Å². The van der Waals surface area contributed by atoms with Gasteiger partial charge in [0.15, 0.2) is 11.6 Å². The third-order valence-corrected chi connectivity index (χ3v) is 2.53. The molecule has 0 aliphatic carbocycles. The van der Waals surface area contributed by atoms with Gasteiger partial charge in [0.1, 0.15) is 23.9 Å². The average molecular weight is 267 g/mol. The molecule has 2 rings (SSSR count). The van der Waals surface area contributed by atoms with Crippen molar-refractivity contribution in [2.24, 2.45) is 0 Å². The van der Waals surface area contributed by atoms with Crippen LogP contribution in [0, 0.1) is 11.6 Å². The topological polar surface area (TPSA) is 34.4 Å². The van der Waals surface area contributed by atoms with Gasteiger partial charge in [-0.25, -0.2) is 8.78 Å². The lowest BCUT2D eigenvalue weighted by molar-refractivity contribution is 0.253. The summed E-state index contributed by atoms with van der Waals surface area (Å²) in [5.74, 6) is 0.0888. The van der Waals surface area contributed by atoms with Crippen LogP contribution in [0.1, 0.15) is 18.4 Å². The van der Waals surface area contributed by atoms with E-state index >= 15 is 0 Å². The summed E-state index contributed by atoms with van der Waals surface area (Å²) in [6, 6.07) is 6.66. The summed E-state index contributed by atoms with van der Waals surface area (Å²) in [6.45, 7) is 3.54. The van der Waals surface area contributed by atoms with Gasteiger partial charge >= 0.3 is 0 Å². The third kappa shape index (κ3) is 3.79. The molecular weight excluding hydrogens is 252 g/mol. The number of benzene rings is 1. The standard InChI is InChI=1S/C14H15F2NO2/c1-2-17-8-11-4-5-12(19-11)9-18-14-7-10(15)3-6-13(14)16/h3-7,17H,2,8-9H2,1H3. The molecule has 102 valence electrons. The summed E-state index contributed by atoms with van der Waals surface area (Å²) in [5, 5.41) is 3.12. The molecule has 1 N–H and O–H groups in total. The van der Waals surface area contributed by atoms with Gasteiger partial charge in [-0.05, 0) is 30.8 Å². The zero-order valence-electron chi connectivity index (χ0n) is 10.6. The maximum Gasteiger partial charge on any atom is 0.165 e. The van der Waals surface area contributed by atoms with Gasteiger partial charge in [-0.2, -0.15) is 0 Å². The minimum atomic E-state index is -0.596. The fourth-order valence-corrected chi connectivity index (χ4v) is 1.58. The van der Waals surface area contributed by atoms with Crippen molar-refractivity contribution in [3.63, 3.8) is 0 Å². The Morgan fingerprint density at radius 3 is 2.74 bits per heavy atom. The summed E-state index contributed by atoms with van der Waals surface area (Å²) in [5.41, 5.74) is 0. The van der Waals surface area contributed by atoms with E-state index in [1.807, 2.05) is 13.0 Å². The number of hydrogen-bond acceptors (Lipinski definition) is 3. The number of rotatable bonds is 6. The Morgan fingerprint density at radius 2 is 1.95 bits per heavy atom. The van der Waals surface area contributed by atoms with Gasteiger partial charge < -0.3 is 14.5 Å². The second-order valence-electron chi connectivity index (χ2n) is 4.01. The van der Waals surface area contributed by atoms with Crippen molar-refractivity contribution in [1.29, 1.82) is 0 Å². The Kier molecular flexibility index (Phi) is 4.52. The first-order valence-electron chi connectivity index (χ1n) is 6.05. The normalized spacial score (nSPS) is 10.7. The molecule has 0 aliphatic rings. The summed E-state index contributed by atoms with van der Waals surface area (Å²) in [4.78, 5) is 0. The summed E-state index contributed by atoms with van der Waals surface area (Å²) in [6.07, 6.45) is 0. The van der Waals surface area contributed by atoms with Crippen LogP contribution in [-0.4, -0.2) is 6.54 Å². The van der Waals surface area contributed by atoms with E-state index < -0.39 is 11.6 Å². The van der Waals surface area contributed by atoms with Gasteiger partial charge in [-0.3, -0.25) is 0 Å². The first-order chi connectivity index (χ1) is 9.19. The lowest BCUT2D eigenvalue weighted by atomic mass is 10.3. The second kappa shape index (κ2) is 6.33. The van der Waals surface area contributed by atoms with Crippen LogP contribution >= 0.6 is 0 Å². The molecule has 0 bridgehead atoms. The number of halogens is 2. The highest BCUT2D eigenvalue weighted by atomic mass is 19.1. The van der Waals surface area contributed by atoms with Crippen molar-refractivity contribution in [2.45, 2.75) is 20.1 Å². The number of nitrogens with one attached hydrogen (secondary N) is 1. The molecule has 1 heterocycles. The van der Waals surface area contributed by atoms with Crippen molar-refractivity contribution in [3.05, 3.63) is 53.5 Å². The zero-order valence-corrected chi connectivity index (χ0v) is 10.6. The van der Waals surface area contributed by atoms with E-state index in [0.29, 0.717) is 12.3 Å². The quantitative estimate of drug-likeness (QED) is 0.872. The van der Waals surface area contributed by atoms with Gasteiger partial charge in [0.25, 0.3) is 0 Å². The van der Waals surface area contributed by atoms with E-state index in [-0.39, 0.29) is 12.4 Å². The maximum absolute atomic E-state index is 13.3. The molecule has 3 nitrogen and oxygen atoms in total. The Labute approximate surface area is 110 Å². The van der Waals surface area contributed by atoms with Crippen LogP contribution in [0.4, 0.5) is 8.78 Å². The predicted molar refractivity (Wildman–Crippen MR) is 66.8 cm³/mol. The molecule has 19 heavy (non-hydrogen) atoms. The molecule has 1 aromatic heterocycles. The van der Waals surface area contributed by atoms with E-state index in [4.69, 9.17) is 9.15 Å². The van der Waals surface area contributed by atoms with Crippen molar-refractivity contribution < 1.29 is 17.9 Å². The number of ether oxygens (including phenoxy) is 1.